The van der Waals surface area contributed by atoms with E-state index in [1.807, 2.05) is 6.08 Å². The smallest absolute Gasteiger partial charge is 0.306 e. The molecular weight excluding hydrogens is 344 g/mol. The van der Waals surface area contributed by atoms with Crippen LogP contribution in [0.25, 0.3) is 0 Å². The van der Waals surface area contributed by atoms with Crippen LogP contribution in [0.2, 0.25) is 0 Å². The summed E-state index contributed by atoms with van der Waals surface area (Å²) >= 11 is 5.07. The number of carbonyl (C=O) groups excluding carboxylic acids is 2. The highest BCUT2D eigenvalue weighted by molar-refractivity contribution is 7.81. The fraction of sp³-hybridized carbons (Fsp3) is 0.818. The Morgan fingerprint density at radius 2 is 1.81 bits per heavy atom. The molecule has 26 heavy (non-hydrogen) atoms. The Labute approximate surface area is 161 Å². The molecule has 1 spiro atoms. The van der Waals surface area contributed by atoms with E-state index >= 15 is 0 Å². The van der Waals surface area contributed by atoms with Crippen LogP contribution in [0.3, 0.4) is 0 Å². The molecule has 0 aromatic rings. The summed E-state index contributed by atoms with van der Waals surface area (Å²) in [6.07, 6.45) is 10.6. The van der Waals surface area contributed by atoms with Gasteiger partial charge in [-0.15, -0.1) is 0 Å². The summed E-state index contributed by atoms with van der Waals surface area (Å²) in [6.45, 7) is 4.81. The number of allylic oxidation sites excluding steroid dienone is 1. The number of hydrogen-bond donors (Lipinski definition) is 1. The first-order chi connectivity index (χ1) is 12.3. The van der Waals surface area contributed by atoms with Crippen LogP contribution in [-0.2, 0) is 14.3 Å². The van der Waals surface area contributed by atoms with Crippen LogP contribution in [0.5, 0.6) is 0 Å². The predicted octanol–water partition coefficient (Wildman–Crippen LogP) is 4.50. The first kappa shape index (κ1) is 17.3. The highest BCUT2D eigenvalue weighted by Gasteiger charge is 2.68. The van der Waals surface area contributed by atoms with Gasteiger partial charge in [-0.05, 0) is 74.2 Å². The van der Waals surface area contributed by atoms with Crippen LogP contribution in [0.1, 0.15) is 71.6 Å². The second kappa shape index (κ2) is 5.40. The molecule has 1 saturated heterocycles. The topological polar surface area (TPSA) is 43.4 Å². The number of esters is 1. The summed E-state index contributed by atoms with van der Waals surface area (Å²) in [5.74, 6) is 2.08. The summed E-state index contributed by atoms with van der Waals surface area (Å²) in [5, 5.41) is 0.321. The number of ketones is 1. The van der Waals surface area contributed by atoms with Gasteiger partial charge in [0.2, 0.25) is 0 Å². The van der Waals surface area contributed by atoms with Crippen molar-refractivity contribution in [3.63, 3.8) is 0 Å². The van der Waals surface area contributed by atoms with E-state index in [9.17, 15) is 9.59 Å². The van der Waals surface area contributed by atoms with E-state index < -0.39 is 0 Å². The van der Waals surface area contributed by atoms with E-state index in [4.69, 9.17) is 17.4 Å². The molecular formula is C22H30O3S. The molecule has 4 aliphatic carbocycles. The Bertz CT molecular complexity index is 714. The van der Waals surface area contributed by atoms with Gasteiger partial charge in [0.05, 0.1) is 0 Å². The van der Waals surface area contributed by atoms with Crippen LogP contribution in [0, 0.1) is 28.6 Å². The molecule has 0 aromatic carbocycles. The summed E-state index contributed by atoms with van der Waals surface area (Å²) in [4.78, 5) is 24.0. The first-order valence-electron chi connectivity index (χ1n) is 10.4. The number of ether oxygens (including phenoxy) is 1. The number of thiol groups is 1. The van der Waals surface area contributed by atoms with Crippen molar-refractivity contribution in [1.29, 1.82) is 0 Å². The molecule has 5 unspecified atom stereocenters. The van der Waals surface area contributed by atoms with Gasteiger partial charge in [-0.25, -0.2) is 0 Å². The van der Waals surface area contributed by atoms with Crippen molar-refractivity contribution in [3.05, 3.63) is 11.6 Å². The summed E-state index contributed by atoms with van der Waals surface area (Å²) in [5.41, 5.74) is 1.41. The zero-order chi connectivity index (χ0) is 18.3. The van der Waals surface area contributed by atoms with E-state index in [0.717, 1.165) is 38.5 Å². The largest absolute Gasteiger partial charge is 0.458 e. The average molecular weight is 375 g/mol. The van der Waals surface area contributed by atoms with Crippen LogP contribution in [0.15, 0.2) is 11.6 Å². The lowest BCUT2D eigenvalue weighted by molar-refractivity contribution is -0.167. The highest BCUT2D eigenvalue weighted by atomic mass is 32.1. The molecule has 4 heteroatoms. The maximum atomic E-state index is 12.0. The number of rotatable bonds is 0. The zero-order valence-electron chi connectivity index (χ0n) is 15.9. The van der Waals surface area contributed by atoms with Gasteiger partial charge >= 0.3 is 5.97 Å². The normalized spacial score (nSPS) is 53.0. The van der Waals surface area contributed by atoms with E-state index in [-0.39, 0.29) is 22.4 Å². The fourth-order valence-electron chi connectivity index (χ4n) is 7.82. The minimum Gasteiger partial charge on any atom is -0.458 e. The fourth-order valence-corrected chi connectivity index (χ4v) is 8.44. The van der Waals surface area contributed by atoms with Crippen LogP contribution in [-0.4, -0.2) is 22.6 Å². The van der Waals surface area contributed by atoms with Crippen molar-refractivity contribution >= 4 is 24.4 Å². The zero-order valence-corrected chi connectivity index (χ0v) is 16.8. The predicted molar refractivity (Wildman–Crippen MR) is 103 cm³/mol. The lowest BCUT2D eigenvalue weighted by atomic mass is 9.46. The van der Waals surface area contributed by atoms with Gasteiger partial charge in [0.15, 0.2) is 5.78 Å². The third-order valence-electron chi connectivity index (χ3n) is 9.32. The minimum absolute atomic E-state index is 0.00282. The van der Waals surface area contributed by atoms with Crippen LogP contribution < -0.4 is 0 Å². The maximum absolute atomic E-state index is 12.0. The molecule has 142 valence electrons. The molecule has 0 bridgehead atoms. The quantitative estimate of drug-likeness (QED) is 0.501. The Morgan fingerprint density at radius 3 is 2.54 bits per heavy atom. The standard InChI is InChI=1S/C22H30O3S/c1-20-7-3-14(23)11-13(20)12-17(26)19-15(20)4-8-21(2)16(19)5-9-22(21)10-6-18(24)25-22/h11,15-17,19,26H,3-10,12H2,1-2H3/t15?,16?,17-,19?,20?,21?,22-/m1/s1. The Balaban J connectivity index is 1.53. The summed E-state index contributed by atoms with van der Waals surface area (Å²) in [6, 6.07) is 0. The molecule has 0 aromatic heterocycles. The van der Waals surface area contributed by atoms with Crippen molar-refractivity contribution in [2.45, 2.75) is 82.5 Å². The molecule has 0 amide bonds. The van der Waals surface area contributed by atoms with E-state index in [1.54, 1.807) is 0 Å². The summed E-state index contributed by atoms with van der Waals surface area (Å²) in [7, 11) is 0. The minimum atomic E-state index is -0.216. The third kappa shape index (κ3) is 2.03. The molecule has 0 radical (unpaired) electrons. The number of hydrogen-bond acceptors (Lipinski definition) is 4. The SMILES string of the molecule is CC12CCC(=O)C=C1C[C@@H](S)C1C2CCC2(C)C1CC[C@@]21CCC(=O)O1. The van der Waals surface area contributed by atoms with Crippen molar-refractivity contribution < 1.29 is 14.3 Å². The molecule has 5 aliphatic rings. The van der Waals surface area contributed by atoms with Gasteiger partial charge in [-0.2, -0.15) is 12.6 Å². The lowest BCUT2D eigenvalue weighted by Gasteiger charge is -2.60. The Hall–Kier alpha value is -0.770. The van der Waals surface area contributed by atoms with Gasteiger partial charge in [-0.1, -0.05) is 19.4 Å². The monoisotopic (exact) mass is 374 g/mol. The number of carbonyl (C=O) groups is 2. The Morgan fingerprint density at radius 1 is 1.04 bits per heavy atom. The molecule has 0 N–H and O–H groups in total. The van der Waals surface area contributed by atoms with Crippen LogP contribution >= 0.6 is 12.6 Å². The van der Waals surface area contributed by atoms with E-state index in [1.165, 1.54) is 12.0 Å². The van der Waals surface area contributed by atoms with E-state index in [2.05, 4.69) is 13.8 Å². The second-order valence-electron chi connectivity index (χ2n) is 10.1. The molecule has 3 nitrogen and oxygen atoms in total. The average Bonchev–Trinajstić information content (AvgIpc) is 3.11. The van der Waals surface area contributed by atoms with Gasteiger partial charge in [0.25, 0.3) is 0 Å². The maximum Gasteiger partial charge on any atom is 0.306 e. The van der Waals surface area contributed by atoms with Gasteiger partial charge in [0, 0.05) is 23.5 Å². The highest BCUT2D eigenvalue weighted by Crippen LogP contribution is 2.70. The van der Waals surface area contributed by atoms with Gasteiger partial charge in [0.1, 0.15) is 5.60 Å². The molecule has 1 heterocycles. The van der Waals surface area contributed by atoms with Crippen molar-refractivity contribution in [2.75, 3.05) is 0 Å². The second-order valence-corrected chi connectivity index (χ2v) is 10.7. The third-order valence-corrected chi connectivity index (χ3v) is 9.84. The van der Waals surface area contributed by atoms with Gasteiger partial charge in [-0.3, -0.25) is 9.59 Å². The Kier molecular flexibility index (Phi) is 3.60. The van der Waals surface area contributed by atoms with E-state index in [0.29, 0.717) is 41.6 Å². The molecule has 4 fully saturated rings. The van der Waals surface area contributed by atoms with Crippen LogP contribution in [0.4, 0.5) is 0 Å². The molecule has 7 atom stereocenters. The molecule has 3 saturated carbocycles. The van der Waals surface area contributed by atoms with Crippen molar-refractivity contribution in [1.82, 2.24) is 0 Å². The summed E-state index contributed by atoms with van der Waals surface area (Å²) < 4.78 is 6.02. The molecule has 5 rings (SSSR count). The molecule has 1 aliphatic heterocycles. The lowest BCUT2D eigenvalue weighted by Crippen LogP contribution is -2.57. The first-order valence-corrected chi connectivity index (χ1v) is 10.9. The van der Waals surface area contributed by atoms with Crippen molar-refractivity contribution in [3.8, 4) is 0 Å². The number of fused-ring (bicyclic) bond motifs is 6. The van der Waals surface area contributed by atoms with Crippen molar-refractivity contribution in [2.24, 2.45) is 28.6 Å². The van der Waals surface area contributed by atoms with Gasteiger partial charge < -0.3 is 4.74 Å².